The van der Waals surface area contributed by atoms with E-state index in [0.29, 0.717) is 11.6 Å². The number of ether oxygens (including phenoxy) is 2. The quantitative estimate of drug-likeness (QED) is 0.488. The number of allylic oxidation sites excluding steroid dienone is 1. The first kappa shape index (κ1) is 20.3. The second-order valence-corrected chi connectivity index (χ2v) is 6.99. The normalized spacial score (nSPS) is 11.8. The minimum atomic E-state index is -0.925. The van der Waals surface area contributed by atoms with Crippen molar-refractivity contribution in [2.24, 2.45) is 0 Å². The van der Waals surface area contributed by atoms with Gasteiger partial charge in [0.25, 0.3) is 0 Å². The molecule has 1 heterocycles. The predicted molar refractivity (Wildman–Crippen MR) is 114 cm³/mol. The molecule has 146 valence electrons. The molecule has 3 aromatic rings. The van der Waals surface area contributed by atoms with Crippen LogP contribution in [0.3, 0.4) is 0 Å². The number of carbonyl (C=O) groups excluding carboxylic acids is 1. The second kappa shape index (κ2) is 9.67. The number of hydrogen-bond donors (Lipinski definition) is 0. The van der Waals surface area contributed by atoms with Gasteiger partial charge in [0.05, 0.1) is 25.5 Å². The average molecular weight is 404 g/mol. The molecule has 6 heteroatoms. The van der Waals surface area contributed by atoms with Crippen molar-refractivity contribution >= 4 is 23.2 Å². The molecule has 0 amide bonds. The number of rotatable bonds is 8. The number of aromatic nitrogens is 1. The lowest BCUT2D eigenvalue weighted by Crippen LogP contribution is -2.07. The maximum Gasteiger partial charge on any atom is 0.179 e. The molecule has 0 saturated heterocycles. The largest absolute Gasteiger partial charge is 0.497 e. The first-order valence-corrected chi connectivity index (χ1v) is 9.96. The van der Waals surface area contributed by atoms with Gasteiger partial charge in [0.15, 0.2) is 11.7 Å². The molecule has 0 aliphatic heterocycles. The Morgan fingerprint density at radius 3 is 2.48 bits per heavy atom. The molecule has 29 heavy (non-hydrogen) atoms. The van der Waals surface area contributed by atoms with Crippen molar-refractivity contribution in [1.29, 1.82) is 5.26 Å². The number of nitriles is 1. The third-order valence-corrected chi connectivity index (χ3v) is 5.11. The van der Waals surface area contributed by atoms with E-state index in [1.807, 2.05) is 60.8 Å². The molecule has 0 bridgehead atoms. The highest BCUT2D eigenvalue weighted by Crippen LogP contribution is 2.28. The lowest BCUT2D eigenvalue weighted by atomic mass is 10.1. The third-order valence-electron chi connectivity index (χ3n) is 4.20. The molecule has 3 rings (SSSR count). The molecule has 0 aliphatic rings. The molecule has 1 unspecified atom stereocenters. The third kappa shape index (κ3) is 5.09. The highest BCUT2D eigenvalue weighted by atomic mass is 32.1. The highest BCUT2D eigenvalue weighted by molar-refractivity contribution is 7.10. The topological polar surface area (TPSA) is 72.2 Å². The van der Waals surface area contributed by atoms with Crippen molar-refractivity contribution in [2.45, 2.75) is 12.8 Å². The number of benzene rings is 2. The summed E-state index contributed by atoms with van der Waals surface area (Å²) in [5.74, 6) is 0.316. The monoisotopic (exact) mass is 404 g/mol. The first-order chi connectivity index (χ1) is 14.1. The van der Waals surface area contributed by atoms with Gasteiger partial charge < -0.3 is 9.47 Å². The molecular formula is C23H20N2O3S. The number of carbonyl (C=O) groups is 1. The SMILES string of the molecule is CCOc1ccc(/C=C/C(=O)C(C#N)c2nc(-c3ccc(OC)cc3)cs2)cc1. The van der Waals surface area contributed by atoms with E-state index in [-0.39, 0.29) is 5.78 Å². The highest BCUT2D eigenvalue weighted by Gasteiger charge is 2.22. The number of methoxy groups -OCH3 is 1. The fraction of sp³-hybridized carbons (Fsp3) is 0.174. The van der Waals surface area contributed by atoms with Crippen LogP contribution in [-0.4, -0.2) is 24.5 Å². The van der Waals surface area contributed by atoms with Gasteiger partial charge in [-0.15, -0.1) is 11.3 Å². The van der Waals surface area contributed by atoms with Gasteiger partial charge in [-0.1, -0.05) is 18.2 Å². The van der Waals surface area contributed by atoms with Gasteiger partial charge in [0.2, 0.25) is 0 Å². The molecule has 5 nitrogen and oxygen atoms in total. The second-order valence-electron chi connectivity index (χ2n) is 6.10. The van der Waals surface area contributed by atoms with Crippen LogP contribution >= 0.6 is 11.3 Å². The zero-order valence-electron chi connectivity index (χ0n) is 16.2. The number of nitrogens with zero attached hydrogens (tertiary/aromatic N) is 2. The van der Waals surface area contributed by atoms with E-state index in [1.54, 1.807) is 13.2 Å². The minimum Gasteiger partial charge on any atom is -0.497 e. The zero-order chi connectivity index (χ0) is 20.6. The summed E-state index contributed by atoms with van der Waals surface area (Å²) in [7, 11) is 1.61. The fourth-order valence-electron chi connectivity index (χ4n) is 2.67. The molecule has 0 aliphatic carbocycles. The van der Waals surface area contributed by atoms with Gasteiger partial charge in [-0.3, -0.25) is 4.79 Å². The van der Waals surface area contributed by atoms with Crippen LogP contribution in [0.2, 0.25) is 0 Å². The summed E-state index contributed by atoms with van der Waals surface area (Å²) < 4.78 is 10.6. The van der Waals surface area contributed by atoms with Gasteiger partial charge >= 0.3 is 0 Å². The number of ketones is 1. The Labute approximate surface area is 173 Å². The van der Waals surface area contributed by atoms with Gasteiger partial charge in [-0.25, -0.2) is 4.98 Å². The Morgan fingerprint density at radius 1 is 1.17 bits per heavy atom. The van der Waals surface area contributed by atoms with Crippen LogP contribution in [0.1, 0.15) is 23.4 Å². The van der Waals surface area contributed by atoms with Crippen molar-refractivity contribution in [3.05, 3.63) is 70.6 Å². The lowest BCUT2D eigenvalue weighted by molar-refractivity contribution is -0.114. The molecule has 1 atom stereocenters. The lowest BCUT2D eigenvalue weighted by Gasteiger charge is -2.03. The minimum absolute atomic E-state index is 0.294. The summed E-state index contributed by atoms with van der Waals surface area (Å²) in [6, 6.07) is 17.0. The predicted octanol–water partition coefficient (Wildman–Crippen LogP) is 5.11. The summed E-state index contributed by atoms with van der Waals surface area (Å²) >= 11 is 1.31. The van der Waals surface area contributed by atoms with Crippen LogP contribution in [-0.2, 0) is 4.79 Å². The van der Waals surface area contributed by atoms with Gasteiger partial charge in [-0.05, 0) is 55.0 Å². The van der Waals surface area contributed by atoms with E-state index in [4.69, 9.17) is 9.47 Å². The van der Waals surface area contributed by atoms with Crippen molar-refractivity contribution in [3.8, 4) is 28.8 Å². The van der Waals surface area contributed by atoms with Crippen molar-refractivity contribution in [2.75, 3.05) is 13.7 Å². The molecule has 0 spiro atoms. The van der Waals surface area contributed by atoms with Crippen LogP contribution in [0.5, 0.6) is 11.5 Å². The van der Waals surface area contributed by atoms with Crippen molar-refractivity contribution in [1.82, 2.24) is 4.98 Å². The van der Waals surface area contributed by atoms with Crippen LogP contribution in [0.15, 0.2) is 60.0 Å². The van der Waals surface area contributed by atoms with E-state index in [9.17, 15) is 10.1 Å². The summed E-state index contributed by atoms with van der Waals surface area (Å²) in [5.41, 5.74) is 2.50. The van der Waals surface area contributed by atoms with E-state index in [0.717, 1.165) is 28.3 Å². The molecule has 0 N–H and O–H groups in total. The van der Waals surface area contributed by atoms with Crippen LogP contribution in [0, 0.1) is 11.3 Å². The Kier molecular flexibility index (Phi) is 6.77. The maximum atomic E-state index is 12.6. The van der Waals surface area contributed by atoms with E-state index in [1.165, 1.54) is 17.4 Å². The summed E-state index contributed by atoms with van der Waals surface area (Å²) in [6.45, 7) is 2.52. The van der Waals surface area contributed by atoms with Crippen molar-refractivity contribution in [3.63, 3.8) is 0 Å². The Bertz CT molecular complexity index is 1030. The molecule has 0 fully saturated rings. The first-order valence-electron chi connectivity index (χ1n) is 9.09. The molecule has 2 aromatic carbocycles. The van der Waals surface area contributed by atoms with Gasteiger partial charge in [0, 0.05) is 10.9 Å². The zero-order valence-corrected chi connectivity index (χ0v) is 17.0. The Balaban J connectivity index is 1.72. The molecule has 1 aromatic heterocycles. The Hall–Kier alpha value is -3.43. The van der Waals surface area contributed by atoms with E-state index >= 15 is 0 Å². The number of hydrogen-bond acceptors (Lipinski definition) is 6. The molecule has 0 saturated carbocycles. The summed E-state index contributed by atoms with van der Waals surface area (Å²) in [6.07, 6.45) is 3.12. The van der Waals surface area contributed by atoms with Gasteiger partial charge in [-0.2, -0.15) is 5.26 Å². The summed E-state index contributed by atoms with van der Waals surface area (Å²) in [4.78, 5) is 17.1. The Morgan fingerprint density at radius 2 is 1.86 bits per heavy atom. The van der Waals surface area contributed by atoms with Crippen LogP contribution in [0.4, 0.5) is 0 Å². The van der Waals surface area contributed by atoms with E-state index < -0.39 is 5.92 Å². The smallest absolute Gasteiger partial charge is 0.179 e. The maximum absolute atomic E-state index is 12.6. The number of thiazole rings is 1. The summed E-state index contributed by atoms with van der Waals surface area (Å²) in [5, 5.41) is 11.9. The van der Waals surface area contributed by atoms with E-state index in [2.05, 4.69) is 11.1 Å². The molecular weight excluding hydrogens is 384 g/mol. The van der Waals surface area contributed by atoms with Gasteiger partial charge in [0.1, 0.15) is 16.5 Å². The average Bonchev–Trinajstić information content (AvgIpc) is 3.24. The standard InChI is InChI=1S/C23H20N2O3S/c1-3-28-19-9-4-16(5-10-19)6-13-22(26)20(14-24)23-25-21(15-29-23)17-7-11-18(27-2)12-8-17/h4-13,15,20H,3H2,1-2H3/b13-6+. The fourth-order valence-corrected chi connectivity index (χ4v) is 3.55. The van der Waals surface area contributed by atoms with Crippen LogP contribution < -0.4 is 9.47 Å². The molecule has 0 radical (unpaired) electrons. The van der Waals surface area contributed by atoms with Crippen molar-refractivity contribution < 1.29 is 14.3 Å². The van der Waals surface area contributed by atoms with Crippen LogP contribution in [0.25, 0.3) is 17.3 Å².